The molecule has 0 spiro atoms. The van der Waals surface area contributed by atoms with Gasteiger partial charge >= 0.3 is 5.97 Å². The third-order valence-electron chi connectivity index (χ3n) is 5.36. The Balaban J connectivity index is 1.65. The van der Waals surface area contributed by atoms with Crippen molar-refractivity contribution in [1.82, 2.24) is 9.55 Å². The highest BCUT2D eigenvalue weighted by atomic mass is 32.1. The molecule has 0 radical (unpaired) electrons. The van der Waals surface area contributed by atoms with Crippen molar-refractivity contribution in [2.75, 3.05) is 12.3 Å². The van der Waals surface area contributed by atoms with Gasteiger partial charge in [0.2, 0.25) is 4.77 Å². The summed E-state index contributed by atoms with van der Waals surface area (Å²) in [5.41, 5.74) is 5.59. The summed E-state index contributed by atoms with van der Waals surface area (Å²) in [4.78, 5) is 15.9. The number of aliphatic hydroxyl groups excluding tert-OH is 2. The van der Waals surface area contributed by atoms with Crippen LogP contribution in [0.1, 0.15) is 77.4 Å². The maximum absolute atomic E-state index is 12.0. The number of carbonyl (C=O) groups is 1. The van der Waals surface area contributed by atoms with Crippen LogP contribution >= 0.6 is 12.2 Å². The zero-order chi connectivity index (χ0) is 21.9. The molecule has 1 aliphatic rings. The Labute approximate surface area is 183 Å². The molecule has 4 atom stereocenters. The topological polar surface area (TPSA) is 120 Å². The third-order valence-corrected chi connectivity index (χ3v) is 5.66. The van der Waals surface area contributed by atoms with E-state index in [0.717, 1.165) is 19.3 Å². The van der Waals surface area contributed by atoms with Gasteiger partial charge in [-0.1, -0.05) is 58.3 Å². The molecule has 0 amide bonds. The molecular formula is C21H35N3O5S. The van der Waals surface area contributed by atoms with E-state index in [-0.39, 0.29) is 23.2 Å². The smallest absolute Gasteiger partial charge is 0.305 e. The van der Waals surface area contributed by atoms with Crippen LogP contribution in [-0.2, 0) is 14.3 Å². The van der Waals surface area contributed by atoms with Gasteiger partial charge in [-0.05, 0) is 24.7 Å². The molecular weight excluding hydrogens is 406 g/mol. The van der Waals surface area contributed by atoms with Crippen LogP contribution in [0.2, 0.25) is 0 Å². The number of nitrogens with zero attached hydrogens (tertiary/aromatic N) is 2. The highest BCUT2D eigenvalue weighted by Crippen LogP contribution is 2.30. The van der Waals surface area contributed by atoms with Crippen molar-refractivity contribution < 1.29 is 24.5 Å². The zero-order valence-corrected chi connectivity index (χ0v) is 18.6. The summed E-state index contributed by atoms with van der Waals surface area (Å²) in [5, 5.41) is 20.5. The Morgan fingerprint density at radius 2 is 1.80 bits per heavy atom. The van der Waals surface area contributed by atoms with Gasteiger partial charge in [0.1, 0.15) is 30.7 Å². The average Bonchev–Trinajstić information content (AvgIpc) is 2.99. The van der Waals surface area contributed by atoms with Gasteiger partial charge in [0.15, 0.2) is 6.23 Å². The molecule has 9 heteroatoms. The van der Waals surface area contributed by atoms with Crippen LogP contribution in [0.4, 0.5) is 5.82 Å². The second-order valence-corrected chi connectivity index (χ2v) is 8.22. The van der Waals surface area contributed by atoms with Crippen LogP contribution in [0.15, 0.2) is 12.3 Å². The molecule has 1 saturated heterocycles. The number of carbonyl (C=O) groups excluding carboxylic acids is 1. The average molecular weight is 442 g/mol. The monoisotopic (exact) mass is 441 g/mol. The fourth-order valence-electron chi connectivity index (χ4n) is 3.54. The molecule has 1 aliphatic heterocycles. The summed E-state index contributed by atoms with van der Waals surface area (Å²) >= 11 is 5.13. The quantitative estimate of drug-likeness (QED) is 0.242. The molecule has 4 N–H and O–H groups in total. The minimum Gasteiger partial charge on any atom is -0.463 e. The van der Waals surface area contributed by atoms with E-state index in [9.17, 15) is 15.0 Å². The summed E-state index contributed by atoms with van der Waals surface area (Å²) in [7, 11) is 0. The van der Waals surface area contributed by atoms with E-state index in [2.05, 4.69) is 11.9 Å². The number of nitrogen functional groups attached to an aromatic ring is 1. The molecule has 0 bridgehead atoms. The number of aliphatic hydroxyl groups is 2. The Morgan fingerprint density at radius 3 is 2.43 bits per heavy atom. The third kappa shape index (κ3) is 7.61. The Bertz CT molecular complexity index is 714. The van der Waals surface area contributed by atoms with Gasteiger partial charge in [0, 0.05) is 12.6 Å². The molecule has 2 rings (SSSR count). The molecule has 30 heavy (non-hydrogen) atoms. The SMILES string of the molecule is CCCCCCCCCCCC(=O)OC[C@H]1O[C@@H](n2ccc(N)nc2=S)[C@@H](O)[C@@H]1O. The zero-order valence-electron chi connectivity index (χ0n) is 17.7. The van der Waals surface area contributed by atoms with E-state index in [1.54, 1.807) is 6.20 Å². The molecule has 1 fully saturated rings. The lowest BCUT2D eigenvalue weighted by Gasteiger charge is -2.18. The number of hydrogen-bond donors (Lipinski definition) is 3. The number of hydrogen-bond acceptors (Lipinski definition) is 8. The van der Waals surface area contributed by atoms with Crippen molar-refractivity contribution in [2.24, 2.45) is 0 Å². The highest BCUT2D eigenvalue weighted by Gasteiger charge is 2.44. The molecule has 1 aromatic rings. The molecule has 1 aromatic heterocycles. The first kappa shape index (κ1) is 24.7. The first-order valence-corrected chi connectivity index (χ1v) is 11.4. The summed E-state index contributed by atoms with van der Waals surface area (Å²) in [5.74, 6) is -0.0660. The maximum Gasteiger partial charge on any atom is 0.305 e. The van der Waals surface area contributed by atoms with Crippen molar-refractivity contribution in [3.63, 3.8) is 0 Å². The van der Waals surface area contributed by atoms with E-state index < -0.39 is 24.5 Å². The molecule has 8 nitrogen and oxygen atoms in total. The number of esters is 1. The lowest BCUT2D eigenvalue weighted by molar-refractivity contribution is -0.150. The molecule has 170 valence electrons. The largest absolute Gasteiger partial charge is 0.463 e. The number of nitrogens with two attached hydrogens (primary N) is 1. The second-order valence-electron chi connectivity index (χ2n) is 7.85. The van der Waals surface area contributed by atoms with Gasteiger partial charge < -0.3 is 25.4 Å². The Morgan fingerprint density at radius 1 is 1.17 bits per heavy atom. The predicted molar refractivity (Wildman–Crippen MR) is 116 cm³/mol. The molecule has 0 aromatic carbocycles. The minimum absolute atomic E-state index is 0.124. The van der Waals surface area contributed by atoms with Crippen LogP contribution in [0, 0.1) is 4.77 Å². The lowest BCUT2D eigenvalue weighted by Crippen LogP contribution is -2.34. The van der Waals surface area contributed by atoms with E-state index in [4.69, 9.17) is 27.4 Å². The van der Waals surface area contributed by atoms with Gasteiger partial charge in [-0.3, -0.25) is 9.36 Å². The van der Waals surface area contributed by atoms with E-state index in [1.165, 1.54) is 49.2 Å². The van der Waals surface area contributed by atoms with E-state index in [1.807, 2.05) is 0 Å². The standard InChI is InChI=1S/C21H35N3O5S/c1-2-3-4-5-6-7-8-9-10-11-17(25)28-14-15-18(26)19(27)20(29-15)24-13-12-16(22)23-21(24)30/h12-13,15,18-20,26-27H,2-11,14H2,1H3,(H2,22,23,30)/t15-,18-,19+,20-/m1/s1. The Hall–Kier alpha value is -1.55. The fourth-order valence-corrected chi connectivity index (χ4v) is 3.81. The number of unbranched alkanes of at least 4 members (excludes halogenated alkanes) is 8. The van der Waals surface area contributed by atoms with Crippen LogP contribution in [0.5, 0.6) is 0 Å². The van der Waals surface area contributed by atoms with Crippen molar-refractivity contribution in [1.29, 1.82) is 0 Å². The van der Waals surface area contributed by atoms with Crippen molar-refractivity contribution >= 4 is 24.0 Å². The minimum atomic E-state index is -1.22. The van der Waals surface area contributed by atoms with Crippen molar-refractivity contribution in [2.45, 2.75) is 95.7 Å². The summed E-state index contributed by atoms with van der Waals surface area (Å²) in [6.07, 6.45) is 8.31. The summed E-state index contributed by atoms with van der Waals surface area (Å²) < 4.78 is 12.5. The Kier molecular flexibility index (Phi) is 10.7. The van der Waals surface area contributed by atoms with E-state index in [0.29, 0.717) is 6.42 Å². The van der Waals surface area contributed by atoms with Gasteiger partial charge in [-0.15, -0.1) is 0 Å². The number of ether oxygens (including phenoxy) is 2. The summed E-state index contributed by atoms with van der Waals surface area (Å²) in [6, 6.07) is 1.52. The fraction of sp³-hybridized carbons (Fsp3) is 0.762. The van der Waals surface area contributed by atoms with Crippen molar-refractivity contribution in [3.8, 4) is 0 Å². The second kappa shape index (κ2) is 13.0. The number of anilines is 1. The van der Waals surface area contributed by atoms with Crippen LogP contribution in [0.3, 0.4) is 0 Å². The predicted octanol–water partition coefficient (Wildman–Crippen LogP) is 3.28. The van der Waals surface area contributed by atoms with Crippen LogP contribution in [0.25, 0.3) is 0 Å². The summed E-state index contributed by atoms with van der Waals surface area (Å²) in [6.45, 7) is 2.09. The van der Waals surface area contributed by atoms with Gasteiger partial charge in [-0.25, -0.2) is 4.98 Å². The van der Waals surface area contributed by atoms with Gasteiger partial charge in [0.25, 0.3) is 0 Å². The molecule has 2 heterocycles. The maximum atomic E-state index is 12.0. The first-order valence-electron chi connectivity index (χ1n) is 11.0. The van der Waals surface area contributed by atoms with E-state index >= 15 is 0 Å². The first-order chi connectivity index (χ1) is 14.4. The normalized spacial score (nSPS) is 23.6. The number of aromatic nitrogens is 2. The van der Waals surface area contributed by atoms with Gasteiger partial charge in [0.05, 0.1) is 0 Å². The lowest BCUT2D eigenvalue weighted by atomic mass is 10.1. The van der Waals surface area contributed by atoms with Crippen LogP contribution in [-0.4, -0.2) is 50.7 Å². The molecule has 0 unspecified atom stereocenters. The van der Waals surface area contributed by atoms with Gasteiger partial charge in [-0.2, -0.15) is 0 Å². The molecule has 0 saturated carbocycles. The molecule has 0 aliphatic carbocycles. The highest BCUT2D eigenvalue weighted by molar-refractivity contribution is 7.71. The number of rotatable bonds is 13. The van der Waals surface area contributed by atoms with Crippen LogP contribution < -0.4 is 5.73 Å². The van der Waals surface area contributed by atoms with Crippen molar-refractivity contribution in [3.05, 3.63) is 17.0 Å².